The predicted octanol–water partition coefficient (Wildman–Crippen LogP) is 1.93. The molecule has 0 unspecified atom stereocenters. The van der Waals surface area contributed by atoms with E-state index in [1.807, 2.05) is 45.0 Å². The van der Waals surface area contributed by atoms with Crippen LogP contribution in [-0.4, -0.2) is 48.1 Å². The lowest BCUT2D eigenvalue weighted by molar-refractivity contribution is 0.0827. The molecule has 27 heavy (non-hydrogen) atoms. The third kappa shape index (κ3) is 5.80. The molecule has 1 aromatic heterocycles. The molecule has 0 aliphatic heterocycles. The van der Waals surface area contributed by atoms with E-state index in [2.05, 4.69) is 25.8 Å². The molecule has 0 spiro atoms. The summed E-state index contributed by atoms with van der Waals surface area (Å²) in [5.41, 5.74) is 1.53. The Morgan fingerprint density at radius 3 is 2.30 bits per heavy atom. The van der Waals surface area contributed by atoms with Gasteiger partial charge >= 0.3 is 0 Å². The summed E-state index contributed by atoms with van der Waals surface area (Å²) in [6.07, 6.45) is 0. The summed E-state index contributed by atoms with van der Waals surface area (Å²) >= 11 is 0. The highest BCUT2D eigenvalue weighted by Crippen LogP contribution is 2.19. The van der Waals surface area contributed by atoms with Crippen LogP contribution in [0.4, 0.5) is 0 Å². The molecule has 0 aliphatic carbocycles. The van der Waals surface area contributed by atoms with Crippen molar-refractivity contribution in [2.75, 3.05) is 21.1 Å². The Balaban J connectivity index is 1.87. The van der Waals surface area contributed by atoms with Crippen molar-refractivity contribution in [2.24, 2.45) is 4.99 Å². The molecule has 0 aliphatic rings. The Bertz CT molecular complexity index is 787. The third-order valence-electron chi connectivity index (χ3n) is 3.81. The first-order valence-electron chi connectivity index (χ1n) is 8.79. The Kier molecular flexibility index (Phi) is 6.55. The van der Waals surface area contributed by atoms with Gasteiger partial charge in [0.25, 0.3) is 5.91 Å². The summed E-state index contributed by atoms with van der Waals surface area (Å²) in [5, 5.41) is 10.4. The average molecular weight is 372 g/mol. The predicted molar refractivity (Wildman–Crippen MR) is 104 cm³/mol. The molecule has 1 heterocycles. The van der Waals surface area contributed by atoms with Crippen LogP contribution in [-0.2, 0) is 18.5 Å². The van der Waals surface area contributed by atoms with Gasteiger partial charge in [-0.2, -0.15) is 4.98 Å². The zero-order valence-electron chi connectivity index (χ0n) is 16.8. The maximum atomic E-state index is 11.9. The standard InChI is InChI=1S/C19H28N6O2/c1-19(2,3)17-23-15(24-27-17)12-22-18(20-4)21-11-13-7-9-14(10-8-13)16(26)25(5)6/h7-10H,11-12H2,1-6H3,(H2,20,21,22). The van der Waals surface area contributed by atoms with Gasteiger partial charge in [-0.05, 0) is 17.7 Å². The second-order valence-electron chi connectivity index (χ2n) is 7.44. The van der Waals surface area contributed by atoms with Crippen LogP contribution in [0.1, 0.15) is 48.4 Å². The topological polar surface area (TPSA) is 95.7 Å². The quantitative estimate of drug-likeness (QED) is 0.615. The molecule has 2 rings (SSSR count). The summed E-state index contributed by atoms with van der Waals surface area (Å²) in [6, 6.07) is 7.49. The van der Waals surface area contributed by atoms with E-state index in [0.29, 0.717) is 36.3 Å². The van der Waals surface area contributed by atoms with Gasteiger partial charge in [0.15, 0.2) is 11.8 Å². The molecule has 1 aromatic carbocycles. The van der Waals surface area contributed by atoms with Crippen LogP contribution in [0, 0.1) is 0 Å². The number of amides is 1. The van der Waals surface area contributed by atoms with E-state index in [1.165, 1.54) is 0 Å². The van der Waals surface area contributed by atoms with Crippen LogP contribution in [0.5, 0.6) is 0 Å². The number of carbonyl (C=O) groups excluding carboxylic acids is 1. The maximum Gasteiger partial charge on any atom is 0.253 e. The Labute approximate surface area is 160 Å². The highest BCUT2D eigenvalue weighted by Gasteiger charge is 2.21. The number of nitrogens with zero attached hydrogens (tertiary/aromatic N) is 4. The molecule has 2 aromatic rings. The van der Waals surface area contributed by atoms with Crippen LogP contribution in [0.15, 0.2) is 33.8 Å². The Hall–Kier alpha value is -2.90. The van der Waals surface area contributed by atoms with Crippen molar-refractivity contribution >= 4 is 11.9 Å². The molecule has 0 fully saturated rings. The van der Waals surface area contributed by atoms with Gasteiger partial charge in [0.1, 0.15) is 0 Å². The Morgan fingerprint density at radius 1 is 1.15 bits per heavy atom. The number of aliphatic imine (C=N–C) groups is 1. The second kappa shape index (κ2) is 8.66. The van der Waals surface area contributed by atoms with Gasteiger partial charge in [-0.15, -0.1) is 0 Å². The van der Waals surface area contributed by atoms with Crippen molar-refractivity contribution < 1.29 is 9.32 Å². The number of aromatic nitrogens is 2. The molecule has 0 atom stereocenters. The van der Waals surface area contributed by atoms with Gasteiger partial charge in [-0.1, -0.05) is 38.1 Å². The number of hydrogen-bond donors (Lipinski definition) is 2. The lowest BCUT2D eigenvalue weighted by atomic mass is 9.97. The molecule has 146 valence electrons. The molecule has 0 saturated heterocycles. The van der Waals surface area contributed by atoms with Crippen LogP contribution >= 0.6 is 0 Å². The number of hydrogen-bond acceptors (Lipinski definition) is 5. The minimum atomic E-state index is -0.175. The van der Waals surface area contributed by atoms with Crippen LogP contribution in [0.2, 0.25) is 0 Å². The minimum Gasteiger partial charge on any atom is -0.352 e. The van der Waals surface area contributed by atoms with Gasteiger partial charge in [0, 0.05) is 38.7 Å². The number of nitrogens with one attached hydrogen (secondary N) is 2. The lowest BCUT2D eigenvalue weighted by Crippen LogP contribution is -2.36. The fourth-order valence-corrected chi connectivity index (χ4v) is 2.22. The fourth-order valence-electron chi connectivity index (χ4n) is 2.22. The molecular formula is C19H28N6O2. The highest BCUT2D eigenvalue weighted by molar-refractivity contribution is 5.93. The summed E-state index contributed by atoms with van der Waals surface area (Å²) < 4.78 is 5.28. The first-order valence-corrected chi connectivity index (χ1v) is 8.79. The van der Waals surface area contributed by atoms with Gasteiger partial charge in [-0.3, -0.25) is 9.79 Å². The molecular weight excluding hydrogens is 344 g/mol. The maximum absolute atomic E-state index is 11.9. The van der Waals surface area contributed by atoms with E-state index in [0.717, 1.165) is 5.56 Å². The van der Waals surface area contributed by atoms with E-state index in [4.69, 9.17) is 4.52 Å². The van der Waals surface area contributed by atoms with Gasteiger partial charge < -0.3 is 20.1 Å². The van der Waals surface area contributed by atoms with Crippen molar-refractivity contribution in [2.45, 2.75) is 39.3 Å². The lowest BCUT2D eigenvalue weighted by Gasteiger charge is -2.12. The smallest absolute Gasteiger partial charge is 0.253 e. The molecule has 8 heteroatoms. The first-order chi connectivity index (χ1) is 12.7. The number of carbonyl (C=O) groups is 1. The summed E-state index contributed by atoms with van der Waals surface area (Å²) in [5.74, 6) is 1.80. The molecule has 0 bridgehead atoms. The van der Waals surface area contributed by atoms with Gasteiger partial charge in [0.05, 0.1) is 6.54 Å². The molecule has 1 amide bonds. The number of rotatable bonds is 5. The second-order valence-corrected chi connectivity index (χ2v) is 7.44. The minimum absolute atomic E-state index is 0.0123. The van der Waals surface area contributed by atoms with E-state index >= 15 is 0 Å². The van der Waals surface area contributed by atoms with Crippen LogP contribution in [0.3, 0.4) is 0 Å². The van der Waals surface area contributed by atoms with Crippen LogP contribution < -0.4 is 10.6 Å². The van der Waals surface area contributed by atoms with Crippen LogP contribution in [0.25, 0.3) is 0 Å². The van der Waals surface area contributed by atoms with E-state index in [1.54, 1.807) is 26.0 Å². The van der Waals surface area contributed by atoms with Crippen molar-refractivity contribution in [1.29, 1.82) is 0 Å². The monoisotopic (exact) mass is 372 g/mol. The summed E-state index contributed by atoms with van der Waals surface area (Å²) in [4.78, 5) is 22.0. The van der Waals surface area contributed by atoms with Crippen molar-refractivity contribution in [3.8, 4) is 0 Å². The number of guanidine groups is 1. The average Bonchev–Trinajstić information content (AvgIpc) is 3.11. The molecule has 2 N–H and O–H groups in total. The molecule has 8 nitrogen and oxygen atoms in total. The van der Waals surface area contributed by atoms with Gasteiger partial charge in [-0.25, -0.2) is 0 Å². The number of benzene rings is 1. The molecule has 0 saturated carbocycles. The van der Waals surface area contributed by atoms with Crippen molar-refractivity contribution in [3.05, 3.63) is 47.1 Å². The summed E-state index contributed by atoms with van der Waals surface area (Å²) in [6.45, 7) is 7.06. The highest BCUT2D eigenvalue weighted by atomic mass is 16.5. The largest absolute Gasteiger partial charge is 0.352 e. The van der Waals surface area contributed by atoms with E-state index < -0.39 is 0 Å². The third-order valence-corrected chi connectivity index (χ3v) is 3.81. The van der Waals surface area contributed by atoms with E-state index in [9.17, 15) is 4.79 Å². The normalized spacial score (nSPS) is 12.0. The Morgan fingerprint density at radius 2 is 1.78 bits per heavy atom. The fraction of sp³-hybridized carbons (Fsp3) is 0.474. The molecule has 0 radical (unpaired) electrons. The van der Waals surface area contributed by atoms with E-state index in [-0.39, 0.29) is 11.3 Å². The summed E-state index contributed by atoms with van der Waals surface area (Å²) in [7, 11) is 5.17. The van der Waals surface area contributed by atoms with Crippen molar-refractivity contribution in [3.63, 3.8) is 0 Å². The van der Waals surface area contributed by atoms with Gasteiger partial charge in [0.2, 0.25) is 5.89 Å². The van der Waals surface area contributed by atoms with Crippen molar-refractivity contribution in [1.82, 2.24) is 25.7 Å². The zero-order valence-corrected chi connectivity index (χ0v) is 16.8. The SMILES string of the molecule is CN=C(NCc1ccc(C(=O)N(C)C)cc1)NCc1noc(C(C)(C)C)n1. The first kappa shape index (κ1) is 20.4. The zero-order chi connectivity index (χ0) is 20.0.